The van der Waals surface area contributed by atoms with Gasteiger partial charge < -0.3 is 9.47 Å². The molecule has 19 heavy (non-hydrogen) atoms. The smallest absolute Gasteiger partial charge is 0.231 e. The van der Waals surface area contributed by atoms with E-state index in [2.05, 4.69) is 48.2 Å². The quantitative estimate of drug-likeness (QED) is 0.786. The van der Waals surface area contributed by atoms with E-state index in [-0.39, 0.29) is 0 Å². The van der Waals surface area contributed by atoms with Crippen molar-refractivity contribution < 1.29 is 14.0 Å². The third kappa shape index (κ3) is 2.60. The summed E-state index contributed by atoms with van der Waals surface area (Å²) in [5, 5.41) is 0. The number of ether oxygens (including phenoxy) is 2. The first-order chi connectivity index (χ1) is 9.35. The highest BCUT2D eigenvalue weighted by atomic mass is 16.7. The van der Waals surface area contributed by atoms with Crippen LogP contribution in [0.2, 0.25) is 0 Å². The summed E-state index contributed by atoms with van der Waals surface area (Å²) in [6, 6.07) is 10.2. The van der Waals surface area contributed by atoms with Crippen LogP contribution in [0, 0.1) is 0 Å². The number of aromatic nitrogens is 1. The monoisotopic (exact) mass is 254 g/mol. The number of hydrogen-bond acceptors (Lipinski definition) is 2. The molecular formula is C16H16NO2+. The molecule has 3 rings (SSSR count). The number of rotatable bonds is 3. The van der Waals surface area contributed by atoms with Crippen LogP contribution >= 0.6 is 0 Å². The third-order valence-electron chi connectivity index (χ3n) is 3.15. The Balaban J connectivity index is 1.78. The highest BCUT2D eigenvalue weighted by molar-refractivity contribution is 5.70. The molecule has 0 unspecified atom stereocenters. The molecule has 0 spiro atoms. The van der Waals surface area contributed by atoms with E-state index < -0.39 is 0 Å². The maximum Gasteiger partial charge on any atom is 0.231 e. The van der Waals surface area contributed by atoms with E-state index in [0.29, 0.717) is 6.79 Å². The predicted molar refractivity (Wildman–Crippen MR) is 73.8 cm³/mol. The number of benzene rings is 1. The molecule has 0 bridgehead atoms. The van der Waals surface area contributed by atoms with Gasteiger partial charge >= 0.3 is 0 Å². The van der Waals surface area contributed by atoms with Crippen molar-refractivity contribution in [3.8, 4) is 11.5 Å². The summed E-state index contributed by atoms with van der Waals surface area (Å²) in [5.74, 6) is 1.64. The van der Waals surface area contributed by atoms with Crippen molar-refractivity contribution in [1.82, 2.24) is 0 Å². The van der Waals surface area contributed by atoms with Crippen molar-refractivity contribution in [1.29, 1.82) is 0 Å². The van der Waals surface area contributed by atoms with Crippen LogP contribution in [-0.2, 0) is 6.54 Å². The Hall–Kier alpha value is -2.29. The molecule has 3 nitrogen and oxygen atoms in total. The Labute approximate surface area is 112 Å². The van der Waals surface area contributed by atoms with Crippen molar-refractivity contribution in [2.45, 2.75) is 13.5 Å². The first-order valence-electron chi connectivity index (χ1n) is 6.42. The molecule has 1 aliphatic heterocycles. The minimum atomic E-state index is 0.318. The average molecular weight is 254 g/mol. The molecule has 0 fully saturated rings. The van der Waals surface area contributed by atoms with E-state index in [1.807, 2.05) is 18.2 Å². The van der Waals surface area contributed by atoms with Crippen LogP contribution in [0.5, 0.6) is 11.5 Å². The van der Waals surface area contributed by atoms with Gasteiger partial charge in [0.25, 0.3) is 0 Å². The lowest BCUT2D eigenvalue weighted by atomic mass is 10.1. The Morgan fingerprint density at radius 1 is 1.00 bits per heavy atom. The number of pyridine rings is 1. The van der Waals surface area contributed by atoms with E-state index in [1.54, 1.807) is 0 Å². The zero-order chi connectivity index (χ0) is 13.1. The SMILES string of the molecule is CC[n+]1ccc(/C=C/c2ccc3c(c2)OCO3)cc1. The van der Waals surface area contributed by atoms with Crippen molar-refractivity contribution in [2.24, 2.45) is 0 Å². The van der Waals surface area contributed by atoms with Crippen molar-refractivity contribution >= 4 is 12.2 Å². The summed E-state index contributed by atoms with van der Waals surface area (Å²) >= 11 is 0. The molecule has 0 N–H and O–H groups in total. The molecule has 1 aromatic heterocycles. The second kappa shape index (κ2) is 5.14. The summed E-state index contributed by atoms with van der Waals surface area (Å²) in [6.45, 7) is 3.44. The largest absolute Gasteiger partial charge is 0.454 e. The Bertz CT molecular complexity index is 603. The number of nitrogens with zero attached hydrogens (tertiary/aromatic N) is 1. The molecule has 1 aliphatic rings. The molecule has 96 valence electrons. The summed E-state index contributed by atoms with van der Waals surface area (Å²) in [6.07, 6.45) is 8.34. The van der Waals surface area contributed by atoms with Crippen LogP contribution in [0.25, 0.3) is 12.2 Å². The lowest BCUT2D eigenvalue weighted by molar-refractivity contribution is -0.693. The van der Waals surface area contributed by atoms with E-state index in [9.17, 15) is 0 Å². The molecule has 2 heterocycles. The normalized spacial score (nSPS) is 13.1. The summed E-state index contributed by atoms with van der Waals surface area (Å²) in [7, 11) is 0. The molecule has 0 atom stereocenters. The number of hydrogen-bond donors (Lipinski definition) is 0. The fourth-order valence-electron chi connectivity index (χ4n) is 2.00. The first kappa shape index (κ1) is 11.8. The summed E-state index contributed by atoms with van der Waals surface area (Å²) in [4.78, 5) is 0. The fourth-order valence-corrected chi connectivity index (χ4v) is 2.00. The van der Waals surface area contributed by atoms with Crippen molar-refractivity contribution in [2.75, 3.05) is 6.79 Å². The molecular weight excluding hydrogens is 238 g/mol. The average Bonchev–Trinajstić information content (AvgIpc) is 2.93. The first-order valence-corrected chi connectivity index (χ1v) is 6.42. The van der Waals surface area contributed by atoms with Crippen LogP contribution in [0.1, 0.15) is 18.1 Å². The molecule has 2 aromatic rings. The van der Waals surface area contributed by atoms with Gasteiger partial charge in [0.1, 0.15) is 6.54 Å². The van der Waals surface area contributed by atoms with E-state index in [4.69, 9.17) is 9.47 Å². The minimum absolute atomic E-state index is 0.318. The van der Waals surface area contributed by atoms with E-state index in [0.717, 1.165) is 23.6 Å². The van der Waals surface area contributed by atoms with Gasteiger partial charge in [0, 0.05) is 12.1 Å². The standard InChI is InChI=1S/C16H16NO2/c1-2-17-9-7-13(8-10-17)3-4-14-5-6-15-16(11-14)19-12-18-15/h3-11H,2,12H2,1H3/q+1/b4-3+. The van der Waals surface area contributed by atoms with Gasteiger partial charge in [-0.1, -0.05) is 18.2 Å². The molecule has 1 aromatic carbocycles. The Morgan fingerprint density at radius 2 is 1.74 bits per heavy atom. The van der Waals surface area contributed by atoms with Crippen LogP contribution in [0.3, 0.4) is 0 Å². The third-order valence-corrected chi connectivity index (χ3v) is 3.15. The fraction of sp³-hybridized carbons (Fsp3) is 0.188. The topological polar surface area (TPSA) is 22.3 Å². The van der Waals surface area contributed by atoms with Crippen LogP contribution in [0.15, 0.2) is 42.7 Å². The van der Waals surface area contributed by atoms with Crippen molar-refractivity contribution in [3.05, 3.63) is 53.9 Å². The summed E-state index contributed by atoms with van der Waals surface area (Å²) < 4.78 is 12.8. The van der Waals surface area contributed by atoms with Crippen LogP contribution in [0.4, 0.5) is 0 Å². The highest BCUT2D eigenvalue weighted by Gasteiger charge is 2.12. The zero-order valence-corrected chi connectivity index (χ0v) is 10.9. The zero-order valence-electron chi connectivity index (χ0n) is 10.9. The molecule has 0 saturated heterocycles. The van der Waals surface area contributed by atoms with E-state index >= 15 is 0 Å². The van der Waals surface area contributed by atoms with E-state index in [1.165, 1.54) is 5.56 Å². The van der Waals surface area contributed by atoms with Gasteiger partial charge in [-0.2, -0.15) is 0 Å². The Kier molecular flexibility index (Phi) is 3.19. The second-order valence-corrected chi connectivity index (χ2v) is 4.41. The number of aryl methyl sites for hydroxylation is 1. The van der Waals surface area contributed by atoms with Gasteiger partial charge in [-0.25, -0.2) is 4.57 Å². The van der Waals surface area contributed by atoms with Gasteiger partial charge in [0.2, 0.25) is 6.79 Å². The Morgan fingerprint density at radius 3 is 2.53 bits per heavy atom. The van der Waals surface area contributed by atoms with Crippen LogP contribution in [-0.4, -0.2) is 6.79 Å². The van der Waals surface area contributed by atoms with Gasteiger partial charge in [-0.05, 0) is 30.2 Å². The lowest BCUT2D eigenvalue weighted by Crippen LogP contribution is -2.30. The molecule has 0 aliphatic carbocycles. The van der Waals surface area contributed by atoms with Crippen LogP contribution < -0.4 is 14.0 Å². The number of fused-ring (bicyclic) bond motifs is 1. The maximum atomic E-state index is 5.36. The van der Waals surface area contributed by atoms with Gasteiger partial charge in [-0.15, -0.1) is 0 Å². The molecule has 0 amide bonds. The minimum Gasteiger partial charge on any atom is -0.454 e. The van der Waals surface area contributed by atoms with Crippen molar-refractivity contribution in [3.63, 3.8) is 0 Å². The summed E-state index contributed by atoms with van der Waals surface area (Å²) in [5.41, 5.74) is 2.29. The molecule has 0 radical (unpaired) electrons. The van der Waals surface area contributed by atoms with Gasteiger partial charge in [-0.3, -0.25) is 0 Å². The predicted octanol–water partition coefficient (Wildman–Crippen LogP) is 2.89. The maximum absolute atomic E-state index is 5.36. The highest BCUT2D eigenvalue weighted by Crippen LogP contribution is 2.32. The second-order valence-electron chi connectivity index (χ2n) is 4.41. The lowest BCUT2D eigenvalue weighted by Gasteiger charge is -1.98. The molecule has 0 saturated carbocycles. The van der Waals surface area contributed by atoms with Gasteiger partial charge in [0.15, 0.2) is 23.9 Å². The molecule has 3 heteroatoms. The van der Waals surface area contributed by atoms with Gasteiger partial charge in [0.05, 0.1) is 0 Å².